The molecule has 96 valence electrons. The molecule has 0 unspecified atom stereocenters. The third-order valence-corrected chi connectivity index (χ3v) is 2.44. The van der Waals surface area contributed by atoms with Crippen LogP contribution in [-0.4, -0.2) is 5.97 Å². The first-order valence-corrected chi connectivity index (χ1v) is 6.44. The minimum absolute atomic E-state index is 0.236. The first kappa shape index (κ1) is 14.2. The summed E-state index contributed by atoms with van der Waals surface area (Å²) in [6.45, 7) is 4.34. The smallest absolute Gasteiger partial charge is 0.338 e. The molecule has 0 aliphatic heterocycles. The maximum absolute atomic E-state index is 11.6. The fourth-order valence-corrected chi connectivity index (χ4v) is 1.57. The van der Waals surface area contributed by atoms with Gasteiger partial charge in [-0.2, -0.15) is 0 Å². The van der Waals surface area contributed by atoms with Crippen LogP contribution in [0.4, 0.5) is 0 Å². The van der Waals surface area contributed by atoms with Gasteiger partial charge in [0, 0.05) is 0 Å². The van der Waals surface area contributed by atoms with Crippen molar-refractivity contribution in [1.29, 1.82) is 0 Å². The van der Waals surface area contributed by atoms with Crippen molar-refractivity contribution in [3.8, 4) is 0 Å². The lowest BCUT2D eigenvalue weighted by Crippen LogP contribution is -2.07. The van der Waals surface area contributed by atoms with E-state index in [1.165, 1.54) is 0 Å². The van der Waals surface area contributed by atoms with Crippen LogP contribution in [0.5, 0.6) is 0 Å². The first-order chi connectivity index (χ1) is 8.86. The van der Waals surface area contributed by atoms with E-state index >= 15 is 0 Å². The van der Waals surface area contributed by atoms with E-state index in [4.69, 9.17) is 4.74 Å². The molecule has 0 heterocycles. The topological polar surface area (TPSA) is 26.3 Å². The molecule has 0 bridgehead atoms. The van der Waals surface area contributed by atoms with E-state index in [0.29, 0.717) is 12.2 Å². The average Bonchev–Trinajstić information content (AvgIpc) is 2.49. The Hall–Kier alpha value is -1.83. The third-order valence-electron chi connectivity index (χ3n) is 2.44. The van der Waals surface area contributed by atoms with Crippen LogP contribution in [0.15, 0.2) is 54.1 Å². The number of rotatable bonds is 3. The van der Waals surface area contributed by atoms with Gasteiger partial charge in [-0.1, -0.05) is 62.4 Å². The van der Waals surface area contributed by atoms with Gasteiger partial charge < -0.3 is 4.74 Å². The van der Waals surface area contributed by atoms with Crippen LogP contribution in [0.2, 0.25) is 0 Å². The highest BCUT2D eigenvalue weighted by molar-refractivity contribution is 5.91. The average molecular weight is 244 g/mol. The molecule has 0 saturated heterocycles. The molecule has 0 aromatic heterocycles. The van der Waals surface area contributed by atoms with E-state index in [1.807, 2.05) is 62.4 Å². The van der Waals surface area contributed by atoms with Gasteiger partial charge in [0.15, 0.2) is 0 Å². The molecule has 2 heteroatoms. The number of ether oxygens (including phenoxy) is 1. The fraction of sp³-hybridized carbons (Fsp3) is 0.312. The van der Waals surface area contributed by atoms with E-state index in [-0.39, 0.29) is 5.97 Å². The van der Waals surface area contributed by atoms with Crippen LogP contribution >= 0.6 is 0 Å². The molecular formula is C16H20O2. The first-order valence-electron chi connectivity index (χ1n) is 6.44. The summed E-state index contributed by atoms with van der Waals surface area (Å²) in [5.74, 6) is -0.236. The summed E-state index contributed by atoms with van der Waals surface area (Å²) in [7, 11) is 0. The summed E-state index contributed by atoms with van der Waals surface area (Å²) >= 11 is 0. The Morgan fingerprint density at radius 3 is 2.50 bits per heavy atom. The number of carbonyl (C=O) groups excluding carboxylic acids is 1. The minimum Gasteiger partial charge on any atom is -0.457 e. The zero-order valence-electron chi connectivity index (χ0n) is 11.1. The molecule has 0 spiro atoms. The molecular weight excluding hydrogens is 224 g/mol. The summed E-state index contributed by atoms with van der Waals surface area (Å²) in [5, 5.41) is 0. The highest BCUT2D eigenvalue weighted by atomic mass is 16.5. The van der Waals surface area contributed by atoms with Gasteiger partial charge in [0.25, 0.3) is 0 Å². The molecule has 0 saturated carbocycles. The van der Waals surface area contributed by atoms with Crippen LogP contribution in [-0.2, 0) is 16.1 Å². The SMILES string of the molecule is CC.O=C(OCc1ccccc1)C1=CCCC=C1. The Morgan fingerprint density at radius 2 is 1.89 bits per heavy atom. The van der Waals surface area contributed by atoms with Crippen molar-refractivity contribution in [1.82, 2.24) is 0 Å². The van der Waals surface area contributed by atoms with E-state index in [2.05, 4.69) is 0 Å². The van der Waals surface area contributed by atoms with Crippen molar-refractivity contribution < 1.29 is 9.53 Å². The minimum atomic E-state index is -0.236. The highest BCUT2D eigenvalue weighted by Crippen LogP contribution is 2.12. The number of hydrogen-bond acceptors (Lipinski definition) is 2. The monoisotopic (exact) mass is 244 g/mol. The second-order valence-corrected chi connectivity index (χ2v) is 3.70. The molecule has 2 nitrogen and oxygen atoms in total. The van der Waals surface area contributed by atoms with Crippen molar-refractivity contribution >= 4 is 5.97 Å². The molecule has 18 heavy (non-hydrogen) atoms. The molecule has 0 fully saturated rings. The van der Waals surface area contributed by atoms with Crippen LogP contribution in [0.25, 0.3) is 0 Å². The van der Waals surface area contributed by atoms with Crippen LogP contribution < -0.4 is 0 Å². The van der Waals surface area contributed by atoms with Crippen LogP contribution in [0.3, 0.4) is 0 Å². The van der Waals surface area contributed by atoms with Crippen LogP contribution in [0.1, 0.15) is 32.3 Å². The Bertz CT molecular complexity index is 416. The summed E-state index contributed by atoms with van der Waals surface area (Å²) in [6.07, 6.45) is 7.69. The molecule has 1 aromatic carbocycles. The predicted octanol–water partition coefficient (Wildman–Crippen LogP) is 4.03. The quantitative estimate of drug-likeness (QED) is 0.750. The van der Waals surface area contributed by atoms with Crippen LogP contribution in [0, 0.1) is 0 Å². The molecule has 0 radical (unpaired) electrons. The predicted molar refractivity (Wildman–Crippen MR) is 74.0 cm³/mol. The molecule has 0 atom stereocenters. The Labute approximate surface area is 109 Å². The van der Waals surface area contributed by atoms with E-state index < -0.39 is 0 Å². The van der Waals surface area contributed by atoms with Crippen molar-refractivity contribution in [2.24, 2.45) is 0 Å². The zero-order chi connectivity index (χ0) is 13.2. The Balaban J connectivity index is 0.000000771. The fourth-order valence-electron chi connectivity index (χ4n) is 1.57. The molecule has 1 aliphatic carbocycles. The maximum atomic E-state index is 11.6. The van der Waals surface area contributed by atoms with Crippen molar-refractivity contribution in [3.05, 3.63) is 59.7 Å². The Kier molecular flexibility index (Phi) is 6.55. The molecule has 1 aromatic rings. The number of hydrogen-bond donors (Lipinski definition) is 0. The number of esters is 1. The van der Waals surface area contributed by atoms with E-state index in [9.17, 15) is 4.79 Å². The summed E-state index contributed by atoms with van der Waals surface area (Å²) in [5.41, 5.74) is 1.68. The molecule has 1 aliphatic rings. The normalized spacial score (nSPS) is 13.1. The van der Waals surface area contributed by atoms with Gasteiger partial charge in [0.1, 0.15) is 6.61 Å². The lowest BCUT2D eigenvalue weighted by atomic mass is 10.1. The van der Waals surface area contributed by atoms with Gasteiger partial charge in [-0.3, -0.25) is 0 Å². The summed E-state index contributed by atoms with van der Waals surface area (Å²) in [4.78, 5) is 11.6. The maximum Gasteiger partial charge on any atom is 0.338 e. The van der Waals surface area contributed by atoms with Gasteiger partial charge in [0.2, 0.25) is 0 Å². The largest absolute Gasteiger partial charge is 0.457 e. The van der Waals surface area contributed by atoms with E-state index in [0.717, 1.165) is 18.4 Å². The number of benzene rings is 1. The summed E-state index contributed by atoms with van der Waals surface area (Å²) < 4.78 is 5.21. The van der Waals surface area contributed by atoms with Gasteiger partial charge in [-0.25, -0.2) is 4.79 Å². The number of carbonyl (C=O) groups is 1. The van der Waals surface area contributed by atoms with Gasteiger partial charge >= 0.3 is 5.97 Å². The highest BCUT2D eigenvalue weighted by Gasteiger charge is 2.09. The van der Waals surface area contributed by atoms with Gasteiger partial charge in [0.05, 0.1) is 5.57 Å². The van der Waals surface area contributed by atoms with Crippen molar-refractivity contribution in [2.75, 3.05) is 0 Å². The second kappa shape index (κ2) is 8.29. The summed E-state index contributed by atoms with van der Waals surface area (Å²) in [6, 6.07) is 9.69. The second-order valence-electron chi connectivity index (χ2n) is 3.70. The molecule has 2 rings (SSSR count). The standard InChI is InChI=1S/C14H14O2.C2H6/c15-14(13-9-5-2-6-10-13)16-11-12-7-3-1-4-8-12;1-2/h1,3-5,7-10H,2,6,11H2;1-2H3. The third kappa shape index (κ3) is 4.58. The zero-order valence-corrected chi connectivity index (χ0v) is 11.1. The molecule has 0 amide bonds. The van der Waals surface area contributed by atoms with E-state index in [1.54, 1.807) is 0 Å². The van der Waals surface area contributed by atoms with Gasteiger partial charge in [-0.15, -0.1) is 0 Å². The lowest BCUT2D eigenvalue weighted by Gasteiger charge is -2.07. The van der Waals surface area contributed by atoms with Crippen molar-refractivity contribution in [3.63, 3.8) is 0 Å². The Morgan fingerprint density at radius 1 is 1.17 bits per heavy atom. The van der Waals surface area contributed by atoms with Crippen molar-refractivity contribution in [2.45, 2.75) is 33.3 Å². The lowest BCUT2D eigenvalue weighted by molar-refractivity contribution is -0.139. The van der Waals surface area contributed by atoms with Gasteiger partial charge in [-0.05, 0) is 18.4 Å². The molecule has 0 N–H and O–H groups in total. The number of allylic oxidation sites excluding steroid dienone is 2.